The summed E-state index contributed by atoms with van der Waals surface area (Å²) in [7, 11) is 0. The maximum Gasteiger partial charge on any atom is 0.329 e. The van der Waals surface area contributed by atoms with Crippen LogP contribution in [-0.4, -0.2) is 33.9 Å². The molecule has 1 rings (SSSR count). The van der Waals surface area contributed by atoms with E-state index in [9.17, 15) is 4.79 Å². The average Bonchev–Trinajstić information content (AvgIpc) is 2.57. The normalized spacial score (nSPS) is 15.8. The predicted octanol–water partition coefficient (Wildman–Crippen LogP) is 0.715. The number of carboxylic acids is 2. The van der Waals surface area contributed by atoms with Gasteiger partial charge in [0, 0.05) is 6.42 Å². The first-order valence-corrected chi connectivity index (χ1v) is 4.60. The molecule has 0 radical (unpaired) electrons. The summed E-state index contributed by atoms with van der Waals surface area (Å²) in [6.07, 6.45) is 5.12. The largest absolute Gasteiger partial charge is 0.481 e. The van der Waals surface area contributed by atoms with E-state index in [2.05, 4.69) is 0 Å². The van der Waals surface area contributed by atoms with Crippen molar-refractivity contribution < 1.29 is 24.9 Å². The Morgan fingerprint density at radius 2 is 1.50 bits per heavy atom. The molecule has 1 aliphatic rings. The number of aliphatic hydroxyl groups is 1. The summed E-state index contributed by atoms with van der Waals surface area (Å²) in [5, 5.41) is 23.4. The van der Waals surface area contributed by atoms with Gasteiger partial charge in [0.05, 0.1) is 0 Å². The maximum absolute atomic E-state index is 10.2. The lowest BCUT2D eigenvalue weighted by atomic mass is 10.1. The SMILES string of the molecule is O=C(O)CC1CCCC1.O=C(O)CO. The number of carboxylic acid groups (broad SMARTS) is 2. The molecule has 3 N–H and O–H groups in total. The predicted molar refractivity (Wildman–Crippen MR) is 48.9 cm³/mol. The minimum Gasteiger partial charge on any atom is -0.481 e. The van der Waals surface area contributed by atoms with Gasteiger partial charge in [-0.15, -0.1) is 0 Å². The van der Waals surface area contributed by atoms with Gasteiger partial charge in [0.1, 0.15) is 6.61 Å². The molecule has 1 saturated carbocycles. The van der Waals surface area contributed by atoms with E-state index in [4.69, 9.17) is 20.1 Å². The minimum atomic E-state index is -1.19. The highest BCUT2D eigenvalue weighted by Crippen LogP contribution is 2.27. The van der Waals surface area contributed by atoms with Crippen molar-refractivity contribution in [1.82, 2.24) is 0 Å². The zero-order valence-electron chi connectivity index (χ0n) is 7.98. The molecule has 0 spiro atoms. The molecule has 0 atom stereocenters. The molecule has 0 bridgehead atoms. The summed E-state index contributed by atoms with van der Waals surface area (Å²) in [4.78, 5) is 19.3. The molecule has 0 unspecified atom stereocenters. The molecule has 5 nitrogen and oxygen atoms in total. The molecule has 14 heavy (non-hydrogen) atoms. The molecule has 0 amide bonds. The Balaban J connectivity index is 0.000000292. The van der Waals surface area contributed by atoms with E-state index in [-0.39, 0.29) is 0 Å². The third kappa shape index (κ3) is 7.54. The van der Waals surface area contributed by atoms with Crippen molar-refractivity contribution in [2.24, 2.45) is 5.92 Å². The zero-order valence-corrected chi connectivity index (χ0v) is 7.98. The van der Waals surface area contributed by atoms with Gasteiger partial charge in [0.25, 0.3) is 0 Å². The monoisotopic (exact) mass is 204 g/mol. The molecule has 1 fully saturated rings. The average molecular weight is 204 g/mol. The molecule has 1 aliphatic carbocycles. The molecule has 0 heterocycles. The van der Waals surface area contributed by atoms with E-state index in [0.29, 0.717) is 12.3 Å². The molecule has 0 saturated heterocycles. The Kier molecular flexibility index (Phi) is 6.74. The van der Waals surface area contributed by atoms with Crippen LogP contribution in [0.4, 0.5) is 0 Å². The molecule has 5 heteroatoms. The number of aliphatic hydroxyl groups excluding tert-OH is 1. The Bertz CT molecular complexity index is 184. The Morgan fingerprint density at radius 1 is 1.07 bits per heavy atom. The molecule has 0 aliphatic heterocycles. The second-order valence-corrected chi connectivity index (χ2v) is 3.30. The molecule has 82 valence electrons. The second kappa shape index (κ2) is 7.32. The van der Waals surface area contributed by atoms with Gasteiger partial charge in [-0.2, -0.15) is 0 Å². The fourth-order valence-electron chi connectivity index (χ4n) is 1.46. The Hall–Kier alpha value is -1.10. The van der Waals surface area contributed by atoms with Crippen LogP contribution in [0.25, 0.3) is 0 Å². The number of rotatable bonds is 3. The summed E-state index contributed by atoms with van der Waals surface area (Å²) in [6, 6.07) is 0. The lowest BCUT2D eigenvalue weighted by Crippen LogP contribution is -2.02. The number of aliphatic carboxylic acids is 2. The molecule has 0 aromatic heterocycles. The van der Waals surface area contributed by atoms with Crippen molar-refractivity contribution in [3.8, 4) is 0 Å². The summed E-state index contributed by atoms with van der Waals surface area (Å²) in [6.45, 7) is -0.778. The highest BCUT2D eigenvalue weighted by atomic mass is 16.4. The molecule has 0 aromatic rings. The van der Waals surface area contributed by atoms with Gasteiger partial charge in [0.2, 0.25) is 0 Å². The van der Waals surface area contributed by atoms with Crippen molar-refractivity contribution in [3.05, 3.63) is 0 Å². The van der Waals surface area contributed by atoms with Crippen LogP contribution in [0.5, 0.6) is 0 Å². The van der Waals surface area contributed by atoms with Gasteiger partial charge in [-0.3, -0.25) is 4.79 Å². The van der Waals surface area contributed by atoms with Crippen LogP contribution in [0.1, 0.15) is 32.1 Å². The van der Waals surface area contributed by atoms with E-state index in [0.717, 1.165) is 12.8 Å². The first-order valence-electron chi connectivity index (χ1n) is 4.60. The topological polar surface area (TPSA) is 94.8 Å². The Labute approximate surface area is 82.4 Å². The van der Waals surface area contributed by atoms with E-state index in [1.165, 1.54) is 12.8 Å². The summed E-state index contributed by atoms with van der Waals surface area (Å²) in [5.74, 6) is -1.34. The molecular formula is C9H16O5. The van der Waals surface area contributed by atoms with Crippen molar-refractivity contribution in [3.63, 3.8) is 0 Å². The van der Waals surface area contributed by atoms with Crippen LogP contribution >= 0.6 is 0 Å². The van der Waals surface area contributed by atoms with Crippen LogP contribution in [0.2, 0.25) is 0 Å². The first kappa shape index (κ1) is 12.9. The van der Waals surface area contributed by atoms with E-state index < -0.39 is 18.5 Å². The Morgan fingerprint density at radius 3 is 1.79 bits per heavy atom. The third-order valence-corrected chi connectivity index (χ3v) is 2.07. The smallest absolute Gasteiger partial charge is 0.329 e. The van der Waals surface area contributed by atoms with E-state index in [1.54, 1.807) is 0 Å². The van der Waals surface area contributed by atoms with Crippen molar-refractivity contribution in [2.75, 3.05) is 6.61 Å². The van der Waals surface area contributed by atoms with E-state index >= 15 is 0 Å². The highest BCUT2D eigenvalue weighted by Gasteiger charge is 2.17. The fraction of sp³-hybridized carbons (Fsp3) is 0.778. The van der Waals surface area contributed by atoms with Gasteiger partial charge in [-0.25, -0.2) is 4.79 Å². The maximum atomic E-state index is 10.2. The number of carbonyl (C=O) groups is 2. The molecule has 0 aromatic carbocycles. The highest BCUT2D eigenvalue weighted by molar-refractivity contribution is 5.67. The first-order chi connectivity index (χ1) is 6.56. The van der Waals surface area contributed by atoms with Gasteiger partial charge < -0.3 is 15.3 Å². The van der Waals surface area contributed by atoms with Gasteiger partial charge in [0.15, 0.2) is 0 Å². The fourth-order valence-corrected chi connectivity index (χ4v) is 1.46. The molecular weight excluding hydrogens is 188 g/mol. The van der Waals surface area contributed by atoms with Crippen LogP contribution in [0.15, 0.2) is 0 Å². The van der Waals surface area contributed by atoms with Crippen LogP contribution in [0.3, 0.4) is 0 Å². The summed E-state index contributed by atoms with van der Waals surface area (Å²) in [5.41, 5.74) is 0. The van der Waals surface area contributed by atoms with Crippen LogP contribution in [-0.2, 0) is 9.59 Å². The van der Waals surface area contributed by atoms with Crippen molar-refractivity contribution in [2.45, 2.75) is 32.1 Å². The van der Waals surface area contributed by atoms with Gasteiger partial charge in [-0.1, -0.05) is 12.8 Å². The van der Waals surface area contributed by atoms with Gasteiger partial charge in [-0.05, 0) is 18.8 Å². The van der Waals surface area contributed by atoms with Crippen LogP contribution in [0, 0.1) is 5.92 Å². The van der Waals surface area contributed by atoms with E-state index in [1.807, 2.05) is 0 Å². The number of hydrogen-bond acceptors (Lipinski definition) is 3. The van der Waals surface area contributed by atoms with Crippen molar-refractivity contribution in [1.29, 1.82) is 0 Å². The summed E-state index contributed by atoms with van der Waals surface area (Å²) >= 11 is 0. The second-order valence-electron chi connectivity index (χ2n) is 3.30. The lowest BCUT2D eigenvalue weighted by molar-refractivity contribution is -0.140. The summed E-state index contributed by atoms with van der Waals surface area (Å²) < 4.78 is 0. The van der Waals surface area contributed by atoms with Crippen LogP contribution < -0.4 is 0 Å². The minimum absolute atomic E-state index is 0.389. The van der Waals surface area contributed by atoms with Crippen molar-refractivity contribution >= 4 is 11.9 Å². The lowest BCUT2D eigenvalue weighted by Gasteiger charge is -2.01. The quantitative estimate of drug-likeness (QED) is 0.629. The standard InChI is InChI=1S/C7H12O2.C2H4O3/c8-7(9)5-6-3-1-2-4-6;3-1-2(4)5/h6H,1-5H2,(H,8,9);3H,1H2,(H,4,5). The third-order valence-electron chi connectivity index (χ3n) is 2.07. The zero-order chi connectivity index (χ0) is 11.0. The number of hydrogen-bond donors (Lipinski definition) is 3. The van der Waals surface area contributed by atoms with Gasteiger partial charge >= 0.3 is 11.9 Å².